The van der Waals surface area contributed by atoms with Gasteiger partial charge in [-0.1, -0.05) is 42.5 Å². The zero-order valence-corrected chi connectivity index (χ0v) is 15.3. The van der Waals surface area contributed by atoms with Gasteiger partial charge in [-0.3, -0.25) is 4.79 Å². The molecule has 1 aliphatic heterocycles. The van der Waals surface area contributed by atoms with Gasteiger partial charge in [-0.25, -0.2) is 4.98 Å². The lowest BCUT2D eigenvalue weighted by Crippen LogP contribution is -2.30. The number of aromatic nitrogens is 2. The number of H-pyrrole nitrogens is 1. The van der Waals surface area contributed by atoms with Crippen LogP contribution in [0.1, 0.15) is 17.3 Å². The summed E-state index contributed by atoms with van der Waals surface area (Å²) in [5.74, 6) is 1.10. The molecule has 0 spiro atoms. The molecule has 2 heterocycles. The van der Waals surface area contributed by atoms with Gasteiger partial charge in [-0.05, 0) is 17.7 Å². The molecule has 4 rings (SSSR count). The molecular formula is C20H23ClN4O. The van der Waals surface area contributed by atoms with Crippen LogP contribution in [-0.2, 0) is 6.42 Å². The van der Waals surface area contributed by atoms with Gasteiger partial charge in [0.25, 0.3) is 5.56 Å². The van der Waals surface area contributed by atoms with Gasteiger partial charge in [-0.2, -0.15) is 0 Å². The Hall–Kier alpha value is -2.21. The van der Waals surface area contributed by atoms with Gasteiger partial charge in [0.1, 0.15) is 5.82 Å². The molecule has 0 saturated carbocycles. The largest absolute Gasteiger partial charge is 0.326 e. The molecule has 0 radical (unpaired) electrons. The third-order valence-corrected chi connectivity index (χ3v) is 5.00. The van der Waals surface area contributed by atoms with Gasteiger partial charge < -0.3 is 15.6 Å². The standard InChI is InChI=1S/C20H22N4O.ClH/c21-17-13-24(12-16(17)14-6-2-1-3-7-14)11-10-19-22-18-9-5-4-8-15(18)20(25)23-19;/h1-9,16-17H,10-13,21H2,(H,22,23,25);1H/t16-,17+;/m0./s1. The summed E-state index contributed by atoms with van der Waals surface area (Å²) in [7, 11) is 0. The highest BCUT2D eigenvalue weighted by Gasteiger charge is 2.30. The van der Waals surface area contributed by atoms with Crippen LogP contribution in [-0.4, -0.2) is 40.5 Å². The monoisotopic (exact) mass is 370 g/mol. The summed E-state index contributed by atoms with van der Waals surface area (Å²) >= 11 is 0. The molecule has 0 unspecified atom stereocenters. The Kier molecular flexibility index (Phi) is 5.71. The molecular weight excluding hydrogens is 348 g/mol. The summed E-state index contributed by atoms with van der Waals surface area (Å²) < 4.78 is 0. The number of aromatic amines is 1. The van der Waals surface area contributed by atoms with E-state index in [2.05, 4.69) is 39.1 Å². The minimum absolute atomic E-state index is 0. The van der Waals surface area contributed by atoms with Crippen molar-refractivity contribution in [2.75, 3.05) is 19.6 Å². The van der Waals surface area contributed by atoms with Gasteiger partial charge in [0.05, 0.1) is 10.9 Å². The molecule has 3 N–H and O–H groups in total. The van der Waals surface area contributed by atoms with E-state index >= 15 is 0 Å². The van der Waals surface area contributed by atoms with Crippen LogP contribution in [0.2, 0.25) is 0 Å². The first-order valence-corrected chi connectivity index (χ1v) is 8.71. The molecule has 2 atom stereocenters. The van der Waals surface area contributed by atoms with Crippen LogP contribution in [0.3, 0.4) is 0 Å². The summed E-state index contributed by atoms with van der Waals surface area (Å²) in [6, 6.07) is 18.0. The molecule has 1 fully saturated rings. The number of nitrogens with one attached hydrogen (secondary N) is 1. The van der Waals surface area contributed by atoms with Crippen LogP contribution in [0.15, 0.2) is 59.4 Å². The third-order valence-electron chi connectivity index (χ3n) is 5.00. The van der Waals surface area contributed by atoms with Crippen molar-refractivity contribution in [3.05, 3.63) is 76.3 Å². The first-order chi connectivity index (χ1) is 12.2. The number of hydrogen-bond donors (Lipinski definition) is 2. The smallest absolute Gasteiger partial charge is 0.258 e. The van der Waals surface area contributed by atoms with E-state index in [1.807, 2.05) is 24.3 Å². The Morgan fingerprint density at radius 3 is 2.62 bits per heavy atom. The van der Waals surface area contributed by atoms with E-state index in [0.29, 0.717) is 17.7 Å². The molecule has 26 heavy (non-hydrogen) atoms. The first-order valence-electron chi connectivity index (χ1n) is 8.71. The van der Waals surface area contributed by atoms with Crippen LogP contribution in [0.25, 0.3) is 10.9 Å². The van der Waals surface area contributed by atoms with Crippen molar-refractivity contribution in [3.63, 3.8) is 0 Å². The molecule has 1 aromatic heterocycles. The quantitative estimate of drug-likeness (QED) is 0.739. The average molecular weight is 371 g/mol. The molecule has 136 valence electrons. The number of nitrogens with zero attached hydrogens (tertiary/aromatic N) is 2. The Labute approximate surface area is 158 Å². The molecule has 0 amide bonds. The third kappa shape index (κ3) is 3.80. The number of hydrogen-bond acceptors (Lipinski definition) is 4. The highest BCUT2D eigenvalue weighted by atomic mass is 35.5. The molecule has 5 nitrogen and oxygen atoms in total. The molecule has 0 bridgehead atoms. The van der Waals surface area contributed by atoms with E-state index in [4.69, 9.17) is 5.73 Å². The fourth-order valence-electron chi connectivity index (χ4n) is 3.67. The van der Waals surface area contributed by atoms with Crippen molar-refractivity contribution in [1.29, 1.82) is 0 Å². The maximum Gasteiger partial charge on any atom is 0.258 e. The summed E-state index contributed by atoms with van der Waals surface area (Å²) in [5, 5.41) is 0.638. The van der Waals surface area contributed by atoms with Crippen molar-refractivity contribution in [2.45, 2.75) is 18.4 Å². The van der Waals surface area contributed by atoms with E-state index in [-0.39, 0.29) is 24.0 Å². The van der Waals surface area contributed by atoms with Crippen LogP contribution in [0, 0.1) is 0 Å². The average Bonchev–Trinajstić information content (AvgIpc) is 3.02. The van der Waals surface area contributed by atoms with E-state index < -0.39 is 0 Å². The lowest BCUT2D eigenvalue weighted by atomic mass is 9.95. The Bertz CT molecular complexity index is 928. The maximum absolute atomic E-state index is 12.2. The van der Waals surface area contributed by atoms with Crippen LogP contribution in [0.4, 0.5) is 0 Å². The number of halogens is 1. The van der Waals surface area contributed by atoms with Crippen molar-refractivity contribution >= 4 is 23.3 Å². The number of para-hydroxylation sites is 1. The molecule has 2 aromatic carbocycles. The highest BCUT2D eigenvalue weighted by molar-refractivity contribution is 5.85. The number of fused-ring (bicyclic) bond motifs is 1. The fraction of sp³-hybridized carbons (Fsp3) is 0.300. The fourth-order valence-corrected chi connectivity index (χ4v) is 3.67. The Morgan fingerprint density at radius 1 is 1.08 bits per heavy atom. The predicted molar refractivity (Wildman–Crippen MR) is 107 cm³/mol. The molecule has 3 aromatic rings. The molecule has 6 heteroatoms. The SMILES string of the molecule is Cl.N[C@@H]1CN(CCc2nc3ccccc3c(=O)[nH]2)C[C@H]1c1ccccc1. The van der Waals surface area contributed by atoms with Crippen molar-refractivity contribution in [3.8, 4) is 0 Å². The van der Waals surface area contributed by atoms with E-state index in [1.165, 1.54) is 5.56 Å². The summed E-state index contributed by atoms with van der Waals surface area (Å²) in [5.41, 5.74) is 8.34. The normalized spacial score (nSPS) is 20.2. The summed E-state index contributed by atoms with van der Waals surface area (Å²) in [4.78, 5) is 22.0. The maximum atomic E-state index is 12.2. The van der Waals surface area contributed by atoms with Crippen molar-refractivity contribution in [1.82, 2.24) is 14.9 Å². The lowest BCUT2D eigenvalue weighted by molar-refractivity contribution is 0.333. The Balaban J connectivity index is 0.00000196. The van der Waals surface area contributed by atoms with Gasteiger partial charge >= 0.3 is 0 Å². The predicted octanol–water partition coefficient (Wildman–Crippen LogP) is 2.31. The van der Waals surface area contributed by atoms with Gasteiger partial charge in [-0.15, -0.1) is 12.4 Å². The van der Waals surface area contributed by atoms with Crippen LogP contribution in [0.5, 0.6) is 0 Å². The minimum Gasteiger partial charge on any atom is -0.326 e. The summed E-state index contributed by atoms with van der Waals surface area (Å²) in [6.45, 7) is 2.67. The minimum atomic E-state index is -0.0686. The first kappa shape index (κ1) is 18.6. The van der Waals surface area contributed by atoms with E-state index in [9.17, 15) is 4.79 Å². The van der Waals surface area contributed by atoms with E-state index in [0.717, 1.165) is 31.0 Å². The van der Waals surface area contributed by atoms with Crippen molar-refractivity contribution < 1.29 is 0 Å². The number of rotatable bonds is 4. The van der Waals surface area contributed by atoms with Gasteiger partial charge in [0.2, 0.25) is 0 Å². The lowest BCUT2D eigenvalue weighted by Gasteiger charge is -2.15. The molecule has 1 aliphatic rings. The second kappa shape index (κ2) is 7.99. The van der Waals surface area contributed by atoms with Gasteiger partial charge in [0.15, 0.2) is 0 Å². The number of likely N-dealkylation sites (tertiary alicyclic amines) is 1. The molecule has 1 saturated heterocycles. The molecule has 0 aliphatic carbocycles. The number of benzene rings is 2. The zero-order valence-electron chi connectivity index (χ0n) is 14.5. The summed E-state index contributed by atoms with van der Waals surface area (Å²) in [6.07, 6.45) is 0.717. The van der Waals surface area contributed by atoms with Crippen LogP contribution < -0.4 is 11.3 Å². The zero-order chi connectivity index (χ0) is 17.2. The second-order valence-electron chi connectivity index (χ2n) is 6.72. The van der Waals surface area contributed by atoms with Gasteiger partial charge in [0, 0.05) is 38.0 Å². The Morgan fingerprint density at radius 2 is 1.81 bits per heavy atom. The van der Waals surface area contributed by atoms with E-state index in [1.54, 1.807) is 6.07 Å². The van der Waals surface area contributed by atoms with Crippen molar-refractivity contribution in [2.24, 2.45) is 5.73 Å². The number of nitrogens with two attached hydrogens (primary N) is 1. The highest BCUT2D eigenvalue weighted by Crippen LogP contribution is 2.26. The second-order valence-corrected chi connectivity index (χ2v) is 6.72. The van der Waals surface area contributed by atoms with Crippen LogP contribution >= 0.6 is 12.4 Å². The topological polar surface area (TPSA) is 75.0 Å².